The van der Waals surface area contributed by atoms with E-state index in [0.717, 1.165) is 11.8 Å². The number of carbonyl (C=O) groups is 2. The Morgan fingerprint density at radius 1 is 1.13 bits per heavy atom. The predicted molar refractivity (Wildman–Crippen MR) is 112 cm³/mol. The quantitative estimate of drug-likeness (QED) is 0.518. The SMILES string of the molecule is COC(=O)C(NC(=O)[C@@H]1CCCN1c1cc(=O)oc2ccccc12)c1ccccc1. The Labute approximate surface area is 173 Å². The number of hydrogen-bond acceptors (Lipinski definition) is 6. The number of rotatable bonds is 5. The fraction of sp³-hybridized carbons (Fsp3) is 0.261. The molecule has 1 fully saturated rings. The molecule has 154 valence electrons. The lowest BCUT2D eigenvalue weighted by molar-refractivity contribution is -0.145. The van der Waals surface area contributed by atoms with Gasteiger partial charge in [-0.2, -0.15) is 0 Å². The molecular formula is C23H22N2O5. The highest BCUT2D eigenvalue weighted by atomic mass is 16.5. The van der Waals surface area contributed by atoms with E-state index in [1.807, 2.05) is 23.1 Å². The highest BCUT2D eigenvalue weighted by Crippen LogP contribution is 2.31. The number of amides is 1. The molecule has 7 heteroatoms. The van der Waals surface area contributed by atoms with Crippen LogP contribution in [0, 0.1) is 0 Å². The van der Waals surface area contributed by atoms with E-state index in [4.69, 9.17) is 9.15 Å². The average Bonchev–Trinajstić information content (AvgIpc) is 3.26. The molecular weight excluding hydrogens is 384 g/mol. The lowest BCUT2D eigenvalue weighted by atomic mass is 10.1. The van der Waals surface area contributed by atoms with Crippen molar-refractivity contribution >= 4 is 28.5 Å². The molecule has 0 radical (unpaired) electrons. The van der Waals surface area contributed by atoms with Gasteiger partial charge >= 0.3 is 11.6 Å². The summed E-state index contributed by atoms with van der Waals surface area (Å²) in [5.74, 6) is -0.825. The first kappa shape index (κ1) is 19.7. The van der Waals surface area contributed by atoms with Crippen LogP contribution >= 0.6 is 0 Å². The molecule has 1 N–H and O–H groups in total. The maximum atomic E-state index is 13.2. The zero-order valence-corrected chi connectivity index (χ0v) is 16.5. The first-order valence-electron chi connectivity index (χ1n) is 9.81. The van der Waals surface area contributed by atoms with Gasteiger partial charge in [0.2, 0.25) is 5.91 Å². The van der Waals surface area contributed by atoms with Gasteiger partial charge < -0.3 is 19.4 Å². The maximum absolute atomic E-state index is 13.2. The summed E-state index contributed by atoms with van der Waals surface area (Å²) in [7, 11) is 1.29. The Morgan fingerprint density at radius 2 is 1.87 bits per heavy atom. The van der Waals surface area contributed by atoms with Crippen molar-refractivity contribution in [3.63, 3.8) is 0 Å². The van der Waals surface area contributed by atoms with Crippen LogP contribution in [0.2, 0.25) is 0 Å². The molecule has 1 aliphatic heterocycles. The lowest BCUT2D eigenvalue weighted by Gasteiger charge is -2.28. The summed E-state index contributed by atoms with van der Waals surface area (Å²) in [6, 6.07) is 16.2. The number of hydrogen-bond donors (Lipinski definition) is 1. The van der Waals surface area contributed by atoms with Gasteiger partial charge in [-0.05, 0) is 30.5 Å². The Balaban J connectivity index is 1.64. The predicted octanol–water partition coefficient (Wildman–Crippen LogP) is 2.79. The van der Waals surface area contributed by atoms with Crippen molar-refractivity contribution in [3.8, 4) is 0 Å². The van der Waals surface area contributed by atoms with Gasteiger partial charge in [0.25, 0.3) is 0 Å². The number of esters is 1. The molecule has 1 aliphatic rings. The van der Waals surface area contributed by atoms with Gasteiger partial charge in [-0.3, -0.25) is 4.79 Å². The van der Waals surface area contributed by atoms with E-state index >= 15 is 0 Å². The molecule has 2 atom stereocenters. The molecule has 2 aromatic carbocycles. The summed E-state index contributed by atoms with van der Waals surface area (Å²) < 4.78 is 10.2. The number of para-hydroxylation sites is 1. The minimum atomic E-state index is -0.899. The van der Waals surface area contributed by atoms with Gasteiger partial charge in [0, 0.05) is 18.0 Å². The fourth-order valence-corrected chi connectivity index (χ4v) is 3.94. The van der Waals surface area contributed by atoms with Gasteiger partial charge in [-0.1, -0.05) is 42.5 Å². The summed E-state index contributed by atoms with van der Waals surface area (Å²) >= 11 is 0. The van der Waals surface area contributed by atoms with Gasteiger partial charge in [0.15, 0.2) is 6.04 Å². The van der Waals surface area contributed by atoms with E-state index in [9.17, 15) is 14.4 Å². The number of fused-ring (bicyclic) bond motifs is 1. The lowest BCUT2D eigenvalue weighted by Crippen LogP contribution is -2.46. The van der Waals surface area contributed by atoms with Crippen LogP contribution in [0.3, 0.4) is 0 Å². The first-order valence-corrected chi connectivity index (χ1v) is 9.81. The van der Waals surface area contributed by atoms with E-state index in [-0.39, 0.29) is 5.91 Å². The standard InChI is InChI=1S/C23H22N2O5/c1-29-23(28)21(15-8-3-2-4-9-15)24-22(27)17-11-7-13-25(17)18-14-20(26)30-19-12-6-5-10-16(18)19/h2-6,8-10,12,14,17,21H,7,11,13H2,1H3,(H,24,27)/t17-,21?/m0/s1. The molecule has 4 rings (SSSR count). The largest absolute Gasteiger partial charge is 0.467 e. The second-order valence-corrected chi connectivity index (χ2v) is 7.17. The molecule has 0 aliphatic carbocycles. The summed E-state index contributed by atoms with van der Waals surface area (Å²) in [6.07, 6.45) is 1.41. The zero-order chi connectivity index (χ0) is 21.1. The van der Waals surface area contributed by atoms with Crippen LogP contribution in [-0.4, -0.2) is 31.6 Å². The van der Waals surface area contributed by atoms with Crippen LogP contribution in [0.25, 0.3) is 11.0 Å². The highest BCUT2D eigenvalue weighted by Gasteiger charge is 2.35. The normalized spacial score (nSPS) is 17.0. The van der Waals surface area contributed by atoms with E-state index in [0.29, 0.717) is 29.8 Å². The van der Waals surface area contributed by atoms with Crippen molar-refractivity contribution in [2.75, 3.05) is 18.6 Å². The monoisotopic (exact) mass is 406 g/mol. The molecule has 3 aromatic rings. The number of anilines is 1. The third-order valence-corrected chi connectivity index (χ3v) is 5.35. The van der Waals surface area contributed by atoms with Crippen molar-refractivity contribution in [3.05, 3.63) is 76.6 Å². The molecule has 1 unspecified atom stereocenters. The Bertz CT molecular complexity index is 1130. The van der Waals surface area contributed by atoms with E-state index < -0.39 is 23.7 Å². The topological polar surface area (TPSA) is 88.9 Å². The smallest absolute Gasteiger partial charge is 0.338 e. The zero-order valence-electron chi connectivity index (χ0n) is 16.5. The third kappa shape index (κ3) is 3.78. The van der Waals surface area contributed by atoms with Crippen molar-refractivity contribution < 1.29 is 18.7 Å². The number of ether oxygens (including phenoxy) is 1. The Kier molecular flexibility index (Phi) is 5.52. The van der Waals surface area contributed by atoms with Gasteiger partial charge in [-0.15, -0.1) is 0 Å². The summed E-state index contributed by atoms with van der Waals surface area (Å²) in [6.45, 7) is 0.625. The number of nitrogens with zero attached hydrogens (tertiary/aromatic N) is 1. The fourth-order valence-electron chi connectivity index (χ4n) is 3.94. The molecule has 0 saturated carbocycles. The van der Waals surface area contributed by atoms with Crippen molar-refractivity contribution in [1.29, 1.82) is 0 Å². The molecule has 0 bridgehead atoms. The second-order valence-electron chi connectivity index (χ2n) is 7.17. The molecule has 30 heavy (non-hydrogen) atoms. The molecule has 1 amide bonds. The van der Waals surface area contributed by atoms with Crippen molar-refractivity contribution in [2.24, 2.45) is 0 Å². The van der Waals surface area contributed by atoms with Crippen LogP contribution in [0.15, 0.2) is 69.9 Å². The minimum absolute atomic E-state index is 0.288. The van der Waals surface area contributed by atoms with Gasteiger partial charge in [0.1, 0.15) is 11.6 Å². The third-order valence-electron chi connectivity index (χ3n) is 5.35. The van der Waals surface area contributed by atoms with E-state index in [2.05, 4.69) is 5.32 Å². The Hall–Kier alpha value is -3.61. The van der Waals surface area contributed by atoms with E-state index in [1.165, 1.54) is 13.2 Å². The Morgan fingerprint density at radius 3 is 2.63 bits per heavy atom. The number of nitrogens with one attached hydrogen (secondary N) is 1. The summed E-state index contributed by atoms with van der Waals surface area (Å²) in [5.41, 5.74) is 1.32. The second kappa shape index (κ2) is 8.41. The highest BCUT2D eigenvalue weighted by molar-refractivity contribution is 5.95. The summed E-state index contributed by atoms with van der Waals surface area (Å²) in [5, 5.41) is 3.60. The minimum Gasteiger partial charge on any atom is -0.467 e. The van der Waals surface area contributed by atoms with Crippen LogP contribution in [0.5, 0.6) is 0 Å². The molecule has 1 aromatic heterocycles. The number of carbonyl (C=O) groups excluding carboxylic acids is 2. The van der Waals surface area contributed by atoms with Gasteiger partial charge in [0.05, 0.1) is 12.8 Å². The van der Waals surface area contributed by atoms with E-state index in [1.54, 1.807) is 36.4 Å². The first-order chi connectivity index (χ1) is 14.6. The van der Waals surface area contributed by atoms with Crippen molar-refractivity contribution in [2.45, 2.75) is 24.9 Å². The maximum Gasteiger partial charge on any atom is 0.338 e. The van der Waals surface area contributed by atoms with Crippen LogP contribution in [-0.2, 0) is 14.3 Å². The average molecular weight is 406 g/mol. The summed E-state index contributed by atoms with van der Waals surface area (Å²) in [4.78, 5) is 39.5. The number of benzene rings is 2. The molecule has 7 nitrogen and oxygen atoms in total. The molecule has 2 heterocycles. The van der Waals surface area contributed by atoms with Gasteiger partial charge in [-0.25, -0.2) is 9.59 Å². The molecule has 0 spiro atoms. The number of methoxy groups -OCH3 is 1. The van der Waals surface area contributed by atoms with Crippen LogP contribution < -0.4 is 15.8 Å². The van der Waals surface area contributed by atoms with Crippen LogP contribution in [0.1, 0.15) is 24.4 Å². The van der Waals surface area contributed by atoms with Crippen LogP contribution in [0.4, 0.5) is 5.69 Å². The molecule has 1 saturated heterocycles. The van der Waals surface area contributed by atoms with Crippen molar-refractivity contribution in [1.82, 2.24) is 5.32 Å².